The molecule has 112 valence electrons. The second-order valence-electron chi connectivity index (χ2n) is 5.31. The molecule has 3 aromatic rings. The molecule has 0 amide bonds. The summed E-state index contributed by atoms with van der Waals surface area (Å²) in [7, 11) is 0. The minimum atomic E-state index is -0.0138. The number of para-hydroxylation sites is 1. The topological polar surface area (TPSA) is 61.6 Å². The van der Waals surface area contributed by atoms with Crippen LogP contribution >= 0.6 is 0 Å². The van der Waals surface area contributed by atoms with Crippen molar-refractivity contribution in [2.24, 2.45) is 0 Å². The van der Waals surface area contributed by atoms with Crippen LogP contribution in [0.2, 0.25) is 0 Å². The molecule has 0 atom stereocenters. The lowest BCUT2D eigenvalue weighted by molar-refractivity contribution is 1.21. The molecule has 0 saturated carbocycles. The maximum Gasteiger partial charge on any atom is 0.141 e. The van der Waals surface area contributed by atoms with Gasteiger partial charge in [-0.2, -0.15) is 5.26 Å². The van der Waals surface area contributed by atoms with Crippen LogP contribution in [0.3, 0.4) is 0 Å². The van der Waals surface area contributed by atoms with Crippen molar-refractivity contribution >= 4 is 28.5 Å². The van der Waals surface area contributed by atoms with Gasteiger partial charge in [-0.25, -0.2) is 9.97 Å². The first-order chi connectivity index (χ1) is 11.6. The third-order valence-electron chi connectivity index (χ3n) is 3.64. The molecule has 4 nitrogen and oxygen atoms in total. The summed E-state index contributed by atoms with van der Waals surface area (Å²) < 4.78 is 7.80. The Morgan fingerprint density at radius 1 is 1.17 bits per heavy atom. The first-order valence-electron chi connectivity index (χ1n) is 7.76. The standard InChI is InChI=1S/C19H16N4/c1-13-10-15(6-5-9-20)11-14(2)18(13)23-19-16-7-3-4-8-17(16)21-12-22-19/h3-8,10-12H,1-2H3,(H,21,22,23)/i12D. The number of nitrogens with one attached hydrogen (secondary N) is 1. The molecular weight excluding hydrogens is 284 g/mol. The average molecular weight is 301 g/mol. The quantitative estimate of drug-likeness (QED) is 0.722. The van der Waals surface area contributed by atoms with Crippen molar-refractivity contribution < 1.29 is 1.37 Å². The van der Waals surface area contributed by atoms with Gasteiger partial charge >= 0.3 is 0 Å². The Morgan fingerprint density at radius 3 is 2.65 bits per heavy atom. The Morgan fingerprint density at radius 2 is 1.91 bits per heavy atom. The maximum absolute atomic E-state index is 8.66. The lowest BCUT2D eigenvalue weighted by atomic mass is 10.0. The van der Waals surface area contributed by atoms with E-state index in [4.69, 9.17) is 6.63 Å². The third-order valence-corrected chi connectivity index (χ3v) is 3.64. The van der Waals surface area contributed by atoms with Crippen molar-refractivity contribution in [1.29, 1.82) is 5.26 Å². The first kappa shape index (κ1) is 13.5. The second kappa shape index (κ2) is 6.29. The van der Waals surface area contributed by atoms with E-state index < -0.39 is 0 Å². The zero-order valence-corrected chi connectivity index (χ0v) is 13.0. The first-order valence-corrected chi connectivity index (χ1v) is 7.26. The molecule has 0 spiro atoms. The molecule has 1 N–H and O–H groups in total. The summed E-state index contributed by atoms with van der Waals surface area (Å²) in [5, 5.41) is 12.9. The van der Waals surface area contributed by atoms with Crippen molar-refractivity contribution in [2.45, 2.75) is 13.8 Å². The number of benzene rings is 2. The van der Waals surface area contributed by atoms with E-state index >= 15 is 0 Å². The largest absolute Gasteiger partial charge is 0.339 e. The highest BCUT2D eigenvalue weighted by atomic mass is 15.0. The molecule has 1 heterocycles. The van der Waals surface area contributed by atoms with Gasteiger partial charge in [0, 0.05) is 17.1 Å². The van der Waals surface area contributed by atoms with Gasteiger partial charge in [0.15, 0.2) is 0 Å². The number of aromatic nitrogens is 2. The normalized spacial score (nSPS) is 11.4. The average Bonchev–Trinajstić information content (AvgIpc) is 2.56. The van der Waals surface area contributed by atoms with Gasteiger partial charge in [0.1, 0.15) is 13.5 Å². The molecule has 1 aromatic heterocycles. The van der Waals surface area contributed by atoms with E-state index in [0.717, 1.165) is 33.3 Å². The number of fused-ring (bicyclic) bond motifs is 1. The predicted molar refractivity (Wildman–Crippen MR) is 93.4 cm³/mol. The second-order valence-corrected chi connectivity index (χ2v) is 5.31. The number of hydrogen-bond donors (Lipinski definition) is 1. The van der Waals surface area contributed by atoms with E-state index in [0.29, 0.717) is 5.82 Å². The molecule has 0 aliphatic rings. The van der Waals surface area contributed by atoms with Crippen molar-refractivity contribution in [1.82, 2.24) is 9.97 Å². The Balaban J connectivity index is 2.06. The van der Waals surface area contributed by atoms with E-state index in [9.17, 15) is 0 Å². The van der Waals surface area contributed by atoms with Crippen LogP contribution in [0.4, 0.5) is 11.5 Å². The SMILES string of the molecule is [2H]c1nc(Nc2c(C)cc(C=CC#N)cc2C)c2ccccc2n1. The van der Waals surface area contributed by atoms with E-state index in [1.165, 1.54) is 6.08 Å². The summed E-state index contributed by atoms with van der Waals surface area (Å²) in [5.41, 5.74) is 4.76. The molecular formula is C19H16N4. The van der Waals surface area contributed by atoms with Crippen molar-refractivity contribution in [3.05, 3.63) is 65.5 Å². The van der Waals surface area contributed by atoms with Crippen molar-refractivity contribution in [3.8, 4) is 6.07 Å². The lowest BCUT2D eigenvalue weighted by Gasteiger charge is -2.14. The number of hydrogen-bond acceptors (Lipinski definition) is 4. The van der Waals surface area contributed by atoms with Gasteiger partial charge in [0.25, 0.3) is 0 Å². The number of nitriles is 1. The number of aryl methyl sites for hydroxylation is 2. The van der Waals surface area contributed by atoms with Gasteiger partial charge in [-0.15, -0.1) is 0 Å². The fraction of sp³-hybridized carbons (Fsp3) is 0.105. The van der Waals surface area contributed by atoms with E-state index in [1.807, 2.05) is 56.3 Å². The highest BCUT2D eigenvalue weighted by molar-refractivity contribution is 5.91. The van der Waals surface area contributed by atoms with Crippen LogP contribution in [0.1, 0.15) is 18.1 Å². The highest BCUT2D eigenvalue weighted by Gasteiger charge is 2.08. The molecule has 2 aromatic carbocycles. The monoisotopic (exact) mass is 301 g/mol. The zero-order valence-electron chi connectivity index (χ0n) is 14.0. The number of nitrogens with zero attached hydrogens (tertiary/aromatic N) is 3. The molecule has 0 fully saturated rings. The summed E-state index contributed by atoms with van der Waals surface area (Å²) in [6.45, 7) is 4.01. The number of allylic oxidation sites excluding steroid dienone is 1. The molecule has 0 unspecified atom stereocenters. The minimum Gasteiger partial charge on any atom is -0.339 e. The smallest absolute Gasteiger partial charge is 0.141 e. The summed E-state index contributed by atoms with van der Waals surface area (Å²) >= 11 is 0. The Kier molecular flexibility index (Phi) is 3.68. The van der Waals surface area contributed by atoms with E-state index in [2.05, 4.69) is 15.3 Å². The van der Waals surface area contributed by atoms with Gasteiger partial charge in [-0.1, -0.05) is 12.1 Å². The summed E-state index contributed by atoms with van der Waals surface area (Å²) in [6, 6.07) is 13.6. The van der Waals surface area contributed by atoms with Crippen molar-refractivity contribution in [3.63, 3.8) is 0 Å². The molecule has 4 heteroatoms. The fourth-order valence-electron chi connectivity index (χ4n) is 2.60. The van der Waals surface area contributed by atoms with Crippen LogP contribution in [0, 0.1) is 25.2 Å². The third kappa shape index (κ3) is 3.04. The minimum absolute atomic E-state index is 0.0138. The van der Waals surface area contributed by atoms with Crippen LogP contribution < -0.4 is 5.32 Å². The van der Waals surface area contributed by atoms with Gasteiger partial charge in [0.2, 0.25) is 0 Å². The summed E-state index contributed by atoms with van der Waals surface area (Å²) in [6.07, 6.45) is 3.23. The molecule has 0 aliphatic heterocycles. The number of anilines is 2. The Labute approximate surface area is 136 Å². The van der Waals surface area contributed by atoms with Crippen LogP contribution in [0.5, 0.6) is 0 Å². The number of rotatable bonds is 3. The lowest BCUT2D eigenvalue weighted by Crippen LogP contribution is -2.00. The fourth-order valence-corrected chi connectivity index (χ4v) is 2.60. The summed E-state index contributed by atoms with van der Waals surface area (Å²) in [4.78, 5) is 8.38. The highest BCUT2D eigenvalue weighted by Crippen LogP contribution is 2.28. The van der Waals surface area contributed by atoms with Crippen molar-refractivity contribution in [2.75, 3.05) is 5.32 Å². The molecule has 0 bridgehead atoms. The molecule has 23 heavy (non-hydrogen) atoms. The molecule has 0 saturated heterocycles. The molecule has 0 radical (unpaired) electrons. The predicted octanol–water partition coefficient (Wildman–Crippen LogP) is 4.53. The van der Waals surface area contributed by atoms with E-state index in [-0.39, 0.29) is 6.30 Å². The van der Waals surface area contributed by atoms with Crippen LogP contribution in [0.15, 0.2) is 48.8 Å². The Bertz CT molecular complexity index is 963. The molecule has 3 rings (SSSR count). The summed E-state index contributed by atoms with van der Waals surface area (Å²) in [5.74, 6) is 0.622. The van der Waals surface area contributed by atoms with Gasteiger partial charge in [-0.05, 0) is 60.9 Å². The molecule has 0 aliphatic carbocycles. The van der Waals surface area contributed by atoms with Gasteiger partial charge in [0.05, 0.1) is 11.6 Å². The van der Waals surface area contributed by atoms with Gasteiger partial charge < -0.3 is 5.32 Å². The van der Waals surface area contributed by atoms with Crippen LogP contribution in [-0.4, -0.2) is 9.97 Å². The van der Waals surface area contributed by atoms with Gasteiger partial charge in [-0.3, -0.25) is 0 Å². The van der Waals surface area contributed by atoms with Crippen LogP contribution in [0.25, 0.3) is 17.0 Å². The van der Waals surface area contributed by atoms with E-state index in [1.54, 1.807) is 6.08 Å². The zero-order chi connectivity index (χ0) is 17.1. The maximum atomic E-state index is 8.66. The Hall–Kier alpha value is -3.19. The van der Waals surface area contributed by atoms with Crippen LogP contribution in [-0.2, 0) is 0 Å².